The Kier molecular flexibility index (Phi) is 4.80. The van der Waals surface area contributed by atoms with E-state index in [9.17, 15) is 0 Å². The van der Waals surface area contributed by atoms with E-state index in [1.807, 2.05) is 36.7 Å². The Bertz CT molecular complexity index is 841. The molecule has 4 rings (SSSR count). The first-order chi connectivity index (χ1) is 12.8. The van der Waals surface area contributed by atoms with Gasteiger partial charge in [0, 0.05) is 30.2 Å². The summed E-state index contributed by atoms with van der Waals surface area (Å²) in [6, 6.07) is 16.3. The lowest BCUT2D eigenvalue weighted by atomic mass is 10.1. The van der Waals surface area contributed by atoms with Crippen LogP contribution in [0.2, 0.25) is 0 Å². The number of likely N-dealkylation sites (tertiary alicyclic amines) is 1. The Hall–Kier alpha value is -2.92. The molecular formula is C21H22N4O. The number of hydrogen-bond donors (Lipinski definition) is 1. The number of methoxy groups -OCH3 is 1. The second-order valence-corrected chi connectivity index (χ2v) is 6.48. The van der Waals surface area contributed by atoms with E-state index >= 15 is 0 Å². The van der Waals surface area contributed by atoms with E-state index in [1.165, 1.54) is 25.1 Å². The summed E-state index contributed by atoms with van der Waals surface area (Å²) < 4.78 is 5.19. The van der Waals surface area contributed by atoms with Crippen molar-refractivity contribution in [1.29, 1.82) is 0 Å². The van der Waals surface area contributed by atoms with Crippen molar-refractivity contribution in [3.63, 3.8) is 0 Å². The third kappa shape index (κ3) is 3.83. The first-order valence-electron chi connectivity index (χ1n) is 8.85. The van der Waals surface area contributed by atoms with Crippen molar-refractivity contribution in [2.24, 2.45) is 0 Å². The monoisotopic (exact) mass is 346 g/mol. The Balaban J connectivity index is 1.40. The maximum Gasteiger partial charge on any atom is 0.227 e. The Morgan fingerprint density at radius 1 is 0.923 bits per heavy atom. The highest BCUT2D eigenvalue weighted by Gasteiger charge is 2.13. The quantitative estimate of drug-likeness (QED) is 0.728. The highest BCUT2D eigenvalue weighted by Crippen LogP contribution is 2.22. The molecule has 0 spiro atoms. The van der Waals surface area contributed by atoms with Crippen molar-refractivity contribution in [3.8, 4) is 16.9 Å². The third-order valence-corrected chi connectivity index (χ3v) is 4.64. The summed E-state index contributed by atoms with van der Waals surface area (Å²) >= 11 is 0. The predicted octanol–water partition coefficient (Wildman–Crippen LogP) is 4.10. The standard InChI is InChI=1S/C21H22N4O/c1-26-20-9-5-17(6-10-20)18-13-22-21(23-14-18)24-19-7-3-16(4-8-19)15-25-11-2-12-25/h3-10,13-14H,2,11-12,15H2,1H3,(H,22,23,24). The number of nitrogens with one attached hydrogen (secondary N) is 1. The van der Waals surface area contributed by atoms with E-state index in [-0.39, 0.29) is 0 Å². The van der Waals surface area contributed by atoms with E-state index in [2.05, 4.69) is 44.5 Å². The van der Waals surface area contributed by atoms with E-state index < -0.39 is 0 Å². The zero-order valence-electron chi connectivity index (χ0n) is 14.9. The van der Waals surface area contributed by atoms with Gasteiger partial charge >= 0.3 is 0 Å². The minimum atomic E-state index is 0.595. The van der Waals surface area contributed by atoms with Gasteiger partial charge in [0.2, 0.25) is 5.95 Å². The highest BCUT2D eigenvalue weighted by molar-refractivity contribution is 5.63. The lowest BCUT2D eigenvalue weighted by Gasteiger charge is -2.30. The molecule has 0 saturated carbocycles. The third-order valence-electron chi connectivity index (χ3n) is 4.64. The molecule has 0 aliphatic carbocycles. The van der Waals surface area contributed by atoms with Gasteiger partial charge in [-0.15, -0.1) is 0 Å². The van der Waals surface area contributed by atoms with Gasteiger partial charge in [-0.3, -0.25) is 4.90 Å². The second kappa shape index (κ2) is 7.54. The maximum absolute atomic E-state index is 5.19. The van der Waals surface area contributed by atoms with Gasteiger partial charge < -0.3 is 10.1 Å². The molecule has 0 amide bonds. The van der Waals surface area contributed by atoms with Gasteiger partial charge in [-0.05, 0) is 54.9 Å². The topological polar surface area (TPSA) is 50.3 Å². The average Bonchev–Trinajstić information content (AvgIpc) is 2.67. The molecule has 1 aliphatic rings. The fourth-order valence-corrected chi connectivity index (χ4v) is 2.95. The van der Waals surface area contributed by atoms with Crippen LogP contribution in [-0.4, -0.2) is 35.1 Å². The maximum atomic E-state index is 5.19. The molecule has 1 fully saturated rings. The molecule has 3 aromatic rings. The number of anilines is 2. The number of ether oxygens (including phenoxy) is 1. The first-order valence-corrected chi connectivity index (χ1v) is 8.85. The van der Waals surface area contributed by atoms with E-state index in [0.717, 1.165) is 29.1 Å². The molecule has 1 saturated heterocycles. The van der Waals surface area contributed by atoms with Gasteiger partial charge in [-0.25, -0.2) is 9.97 Å². The van der Waals surface area contributed by atoms with Crippen LogP contribution in [0.5, 0.6) is 5.75 Å². The Morgan fingerprint density at radius 3 is 2.19 bits per heavy atom. The van der Waals surface area contributed by atoms with Crippen LogP contribution in [0.25, 0.3) is 11.1 Å². The molecule has 0 atom stereocenters. The van der Waals surface area contributed by atoms with Crippen LogP contribution in [0.1, 0.15) is 12.0 Å². The normalized spacial score (nSPS) is 13.9. The molecule has 5 heteroatoms. The van der Waals surface area contributed by atoms with Crippen molar-refractivity contribution in [2.75, 3.05) is 25.5 Å². The van der Waals surface area contributed by atoms with Gasteiger partial charge in [0.25, 0.3) is 0 Å². The van der Waals surface area contributed by atoms with Gasteiger partial charge in [0.15, 0.2) is 0 Å². The molecule has 0 radical (unpaired) electrons. The van der Waals surface area contributed by atoms with Crippen LogP contribution >= 0.6 is 0 Å². The van der Waals surface area contributed by atoms with Crippen molar-refractivity contribution >= 4 is 11.6 Å². The van der Waals surface area contributed by atoms with Crippen LogP contribution in [0, 0.1) is 0 Å². The number of aromatic nitrogens is 2. The zero-order valence-corrected chi connectivity index (χ0v) is 14.9. The minimum Gasteiger partial charge on any atom is -0.497 e. The number of benzene rings is 2. The number of nitrogens with zero attached hydrogens (tertiary/aromatic N) is 3. The van der Waals surface area contributed by atoms with Crippen LogP contribution < -0.4 is 10.1 Å². The lowest BCUT2D eigenvalue weighted by molar-refractivity contribution is 0.172. The molecule has 0 bridgehead atoms. The lowest BCUT2D eigenvalue weighted by Crippen LogP contribution is -2.36. The molecule has 26 heavy (non-hydrogen) atoms. The van der Waals surface area contributed by atoms with Crippen LogP contribution in [0.4, 0.5) is 11.6 Å². The van der Waals surface area contributed by atoms with Gasteiger partial charge in [0.1, 0.15) is 5.75 Å². The minimum absolute atomic E-state index is 0.595. The van der Waals surface area contributed by atoms with Crippen molar-refractivity contribution in [3.05, 3.63) is 66.5 Å². The first kappa shape index (κ1) is 16.5. The van der Waals surface area contributed by atoms with E-state index in [1.54, 1.807) is 7.11 Å². The highest BCUT2D eigenvalue weighted by atomic mass is 16.5. The average molecular weight is 346 g/mol. The molecule has 132 valence electrons. The molecule has 0 unspecified atom stereocenters. The molecule has 1 aromatic heterocycles. The Morgan fingerprint density at radius 2 is 1.62 bits per heavy atom. The van der Waals surface area contributed by atoms with Gasteiger partial charge in [-0.1, -0.05) is 24.3 Å². The zero-order chi connectivity index (χ0) is 17.8. The summed E-state index contributed by atoms with van der Waals surface area (Å²) in [6.45, 7) is 3.47. The SMILES string of the molecule is COc1ccc(-c2cnc(Nc3ccc(CN4CCC4)cc3)nc2)cc1. The van der Waals surface area contributed by atoms with Crippen LogP contribution in [-0.2, 0) is 6.54 Å². The van der Waals surface area contributed by atoms with Crippen molar-refractivity contribution in [2.45, 2.75) is 13.0 Å². The van der Waals surface area contributed by atoms with E-state index in [0.29, 0.717) is 5.95 Å². The number of rotatable bonds is 6. The summed E-state index contributed by atoms with van der Waals surface area (Å²) in [5.74, 6) is 1.43. The van der Waals surface area contributed by atoms with Crippen LogP contribution in [0.15, 0.2) is 60.9 Å². The molecule has 2 aromatic carbocycles. The summed E-state index contributed by atoms with van der Waals surface area (Å²) in [6.07, 6.45) is 4.98. The molecule has 1 N–H and O–H groups in total. The van der Waals surface area contributed by atoms with Gasteiger partial charge in [0.05, 0.1) is 7.11 Å². The summed E-state index contributed by atoms with van der Waals surface area (Å²) in [5, 5.41) is 3.25. The Labute approximate surface area is 153 Å². The van der Waals surface area contributed by atoms with Crippen molar-refractivity contribution in [1.82, 2.24) is 14.9 Å². The fraction of sp³-hybridized carbons (Fsp3) is 0.238. The molecular weight excluding hydrogens is 324 g/mol. The summed E-state index contributed by atoms with van der Waals surface area (Å²) in [5.41, 5.74) is 4.37. The molecule has 1 aliphatic heterocycles. The van der Waals surface area contributed by atoms with Crippen LogP contribution in [0.3, 0.4) is 0 Å². The summed E-state index contributed by atoms with van der Waals surface area (Å²) in [4.78, 5) is 11.3. The summed E-state index contributed by atoms with van der Waals surface area (Å²) in [7, 11) is 1.66. The van der Waals surface area contributed by atoms with E-state index in [4.69, 9.17) is 4.74 Å². The molecule has 2 heterocycles. The molecule has 5 nitrogen and oxygen atoms in total. The fourth-order valence-electron chi connectivity index (χ4n) is 2.95. The largest absolute Gasteiger partial charge is 0.497 e. The smallest absolute Gasteiger partial charge is 0.227 e. The predicted molar refractivity (Wildman–Crippen MR) is 104 cm³/mol. The second-order valence-electron chi connectivity index (χ2n) is 6.48. The van der Waals surface area contributed by atoms with Crippen molar-refractivity contribution < 1.29 is 4.74 Å². The number of hydrogen-bond acceptors (Lipinski definition) is 5. The van der Waals surface area contributed by atoms with Gasteiger partial charge in [-0.2, -0.15) is 0 Å².